The molecule has 21 heavy (non-hydrogen) atoms. The molecule has 5 nitrogen and oxygen atoms in total. The minimum atomic E-state index is -0.526. The smallest absolute Gasteiger partial charge is 0.338 e. The summed E-state index contributed by atoms with van der Waals surface area (Å²) in [7, 11) is 1.26. The molecule has 0 spiro atoms. The highest BCUT2D eigenvalue weighted by atomic mass is 19.1. The fourth-order valence-corrected chi connectivity index (χ4v) is 1.75. The minimum Gasteiger partial charge on any atom is -0.465 e. The van der Waals surface area contributed by atoms with Crippen molar-refractivity contribution >= 4 is 17.7 Å². The van der Waals surface area contributed by atoms with E-state index in [1.54, 1.807) is 12.1 Å². The van der Waals surface area contributed by atoms with Gasteiger partial charge < -0.3 is 10.1 Å². The fraction of sp³-hybridized carbons (Fsp3) is 0.133. The van der Waals surface area contributed by atoms with Crippen LogP contribution in [0, 0.1) is 5.82 Å². The van der Waals surface area contributed by atoms with E-state index >= 15 is 0 Å². The van der Waals surface area contributed by atoms with Crippen molar-refractivity contribution in [3.8, 4) is 0 Å². The molecule has 1 heterocycles. The normalized spacial score (nSPS) is 10.0. The minimum absolute atomic E-state index is 0.114. The molecule has 0 radical (unpaired) electrons. The van der Waals surface area contributed by atoms with Crippen LogP contribution in [0.1, 0.15) is 15.9 Å². The van der Waals surface area contributed by atoms with Crippen LogP contribution in [0.15, 0.2) is 42.6 Å². The first-order valence-electron chi connectivity index (χ1n) is 6.18. The Bertz CT molecular complexity index is 673. The molecule has 108 valence electrons. The number of hydrogen-bond donors (Lipinski definition) is 1. The highest BCUT2D eigenvalue weighted by Crippen LogP contribution is 2.11. The van der Waals surface area contributed by atoms with E-state index in [0.717, 1.165) is 0 Å². The van der Waals surface area contributed by atoms with Crippen LogP contribution in [0.5, 0.6) is 0 Å². The number of rotatable bonds is 4. The van der Waals surface area contributed by atoms with Gasteiger partial charge in [-0.05, 0) is 23.8 Å². The van der Waals surface area contributed by atoms with Gasteiger partial charge in [0, 0.05) is 6.20 Å². The number of carbonyl (C=O) groups is 2. The van der Waals surface area contributed by atoms with Crippen molar-refractivity contribution in [2.45, 2.75) is 6.42 Å². The summed E-state index contributed by atoms with van der Waals surface area (Å²) in [4.78, 5) is 27.2. The van der Waals surface area contributed by atoms with Gasteiger partial charge in [0.2, 0.25) is 5.91 Å². The number of methoxy groups -OCH3 is 1. The van der Waals surface area contributed by atoms with Crippen molar-refractivity contribution in [2.75, 3.05) is 12.4 Å². The third kappa shape index (κ3) is 3.85. The maximum absolute atomic E-state index is 13.4. The monoisotopic (exact) mass is 288 g/mol. The zero-order valence-electron chi connectivity index (χ0n) is 11.3. The van der Waals surface area contributed by atoms with Gasteiger partial charge >= 0.3 is 5.97 Å². The lowest BCUT2D eigenvalue weighted by atomic mass is 10.1. The number of nitrogens with one attached hydrogen (secondary N) is 1. The summed E-state index contributed by atoms with van der Waals surface area (Å²) in [6.07, 6.45) is 1.27. The number of hydrogen-bond acceptors (Lipinski definition) is 4. The maximum Gasteiger partial charge on any atom is 0.338 e. The van der Waals surface area contributed by atoms with Crippen molar-refractivity contribution in [1.82, 2.24) is 4.98 Å². The summed E-state index contributed by atoms with van der Waals surface area (Å²) in [5.41, 5.74) is 0.563. The lowest BCUT2D eigenvalue weighted by Gasteiger charge is -2.06. The number of nitrogens with zero attached hydrogens (tertiary/aromatic N) is 1. The molecule has 0 saturated heterocycles. The molecule has 0 saturated carbocycles. The first-order valence-corrected chi connectivity index (χ1v) is 6.18. The van der Waals surface area contributed by atoms with Crippen LogP contribution in [-0.4, -0.2) is 24.0 Å². The van der Waals surface area contributed by atoms with Crippen LogP contribution in [0.4, 0.5) is 10.2 Å². The van der Waals surface area contributed by atoms with E-state index in [9.17, 15) is 14.0 Å². The largest absolute Gasteiger partial charge is 0.465 e. The van der Waals surface area contributed by atoms with Gasteiger partial charge in [0.15, 0.2) is 0 Å². The van der Waals surface area contributed by atoms with E-state index in [4.69, 9.17) is 0 Å². The van der Waals surface area contributed by atoms with Gasteiger partial charge in [-0.2, -0.15) is 0 Å². The molecule has 0 fully saturated rings. The van der Waals surface area contributed by atoms with E-state index in [1.165, 1.54) is 37.6 Å². The van der Waals surface area contributed by atoms with E-state index in [-0.39, 0.29) is 17.8 Å². The number of ether oxygens (including phenoxy) is 1. The lowest BCUT2D eigenvalue weighted by Crippen LogP contribution is -2.16. The highest BCUT2D eigenvalue weighted by Gasteiger charge is 2.11. The molecule has 1 aromatic heterocycles. The molecule has 0 unspecified atom stereocenters. The Morgan fingerprint density at radius 3 is 2.76 bits per heavy atom. The molecule has 6 heteroatoms. The summed E-state index contributed by atoms with van der Waals surface area (Å²) in [5, 5.41) is 2.51. The van der Waals surface area contributed by atoms with Gasteiger partial charge in [-0.3, -0.25) is 4.79 Å². The summed E-state index contributed by atoms with van der Waals surface area (Å²) < 4.78 is 18.0. The molecule has 2 aromatic rings. The van der Waals surface area contributed by atoms with E-state index in [1.807, 2.05) is 0 Å². The summed E-state index contributed by atoms with van der Waals surface area (Å²) in [5.74, 6) is -1.18. The third-order valence-electron chi connectivity index (χ3n) is 2.76. The zero-order valence-corrected chi connectivity index (χ0v) is 11.3. The van der Waals surface area contributed by atoms with E-state index in [0.29, 0.717) is 5.56 Å². The standard InChI is InChI=1S/C15H13FN2O3/c1-21-15(20)11-6-7-17-13(8-11)18-14(19)9-10-4-2-3-5-12(10)16/h2-8H,9H2,1H3,(H,17,18,19). The lowest BCUT2D eigenvalue weighted by molar-refractivity contribution is -0.115. The summed E-state index contributed by atoms with van der Waals surface area (Å²) >= 11 is 0. The Morgan fingerprint density at radius 1 is 1.29 bits per heavy atom. The Morgan fingerprint density at radius 2 is 2.05 bits per heavy atom. The first-order chi connectivity index (χ1) is 10.1. The zero-order chi connectivity index (χ0) is 15.2. The third-order valence-corrected chi connectivity index (χ3v) is 2.76. The van der Waals surface area contributed by atoms with Crippen molar-refractivity contribution in [2.24, 2.45) is 0 Å². The second-order valence-electron chi connectivity index (χ2n) is 4.24. The maximum atomic E-state index is 13.4. The molecular formula is C15H13FN2O3. The SMILES string of the molecule is COC(=O)c1ccnc(NC(=O)Cc2ccccc2F)c1. The number of aromatic nitrogens is 1. The van der Waals surface area contributed by atoms with Crippen LogP contribution < -0.4 is 5.32 Å². The number of carbonyl (C=O) groups excluding carboxylic acids is 2. The predicted molar refractivity (Wildman–Crippen MR) is 74.3 cm³/mol. The van der Waals surface area contributed by atoms with Crippen LogP contribution in [0.2, 0.25) is 0 Å². The molecule has 2 rings (SSSR count). The Kier molecular flexibility index (Phi) is 4.61. The second kappa shape index (κ2) is 6.60. The average Bonchev–Trinajstić information content (AvgIpc) is 2.49. The molecule has 0 bridgehead atoms. The molecular weight excluding hydrogens is 275 g/mol. The van der Waals surface area contributed by atoms with Gasteiger partial charge in [0.1, 0.15) is 11.6 Å². The number of esters is 1. The quantitative estimate of drug-likeness (QED) is 0.876. The average molecular weight is 288 g/mol. The Labute approximate surface area is 120 Å². The van der Waals surface area contributed by atoms with Crippen LogP contribution in [0.25, 0.3) is 0 Å². The van der Waals surface area contributed by atoms with Gasteiger partial charge in [-0.15, -0.1) is 0 Å². The summed E-state index contributed by atoms with van der Waals surface area (Å²) in [6, 6.07) is 8.90. The first kappa shape index (κ1) is 14.6. The van der Waals surface area contributed by atoms with Gasteiger partial charge in [0.25, 0.3) is 0 Å². The molecule has 0 aliphatic heterocycles. The van der Waals surface area contributed by atoms with Gasteiger partial charge in [-0.25, -0.2) is 14.2 Å². The number of benzene rings is 1. The van der Waals surface area contributed by atoms with Crippen LogP contribution in [-0.2, 0) is 16.0 Å². The van der Waals surface area contributed by atoms with Crippen molar-refractivity contribution < 1.29 is 18.7 Å². The Balaban J connectivity index is 2.06. The van der Waals surface area contributed by atoms with Gasteiger partial charge in [0.05, 0.1) is 19.1 Å². The molecule has 1 aromatic carbocycles. The van der Waals surface area contributed by atoms with Crippen molar-refractivity contribution in [1.29, 1.82) is 0 Å². The van der Waals surface area contributed by atoms with E-state index < -0.39 is 17.7 Å². The fourth-order valence-electron chi connectivity index (χ4n) is 1.75. The molecule has 1 N–H and O–H groups in total. The topological polar surface area (TPSA) is 68.3 Å². The number of pyridine rings is 1. The number of halogens is 1. The molecule has 0 aliphatic rings. The van der Waals surface area contributed by atoms with Crippen molar-refractivity contribution in [3.63, 3.8) is 0 Å². The molecule has 0 aliphatic carbocycles. The predicted octanol–water partition coefficient (Wildman–Crippen LogP) is 2.19. The number of anilines is 1. The van der Waals surface area contributed by atoms with Crippen LogP contribution in [0.3, 0.4) is 0 Å². The Hall–Kier alpha value is -2.76. The van der Waals surface area contributed by atoms with E-state index in [2.05, 4.69) is 15.0 Å². The second-order valence-corrected chi connectivity index (χ2v) is 4.24. The van der Waals surface area contributed by atoms with Crippen LogP contribution >= 0.6 is 0 Å². The number of amides is 1. The summed E-state index contributed by atoms with van der Waals surface area (Å²) in [6.45, 7) is 0. The molecule has 1 amide bonds. The highest BCUT2D eigenvalue weighted by molar-refractivity contribution is 5.94. The van der Waals surface area contributed by atoms with Gasteiger partial charge in [-0.1, -0.05) is 18.2 Å². The molecule has 0 atom stereocenters. The van der Waals surface area contributed by atoms with Crippen molar-refractivity contribution in [3.05, 3.63) is 59.5 Å².